The molecule has 84 valence electrons. The molecule has 2 aromatic rings. The van der Waals surface area contributed by atoms with Gasteiger partial charge in [-0.25, -0.2) is 4.39 Å². The molecule has 2 nitrogen and oxygen atoms in total. The molecule has 0 fully saturated rings. The van der Waals surface area contributed by atoms with Crippen LogP contribution in [0.3, 0.4) is 0 Å². The predicted octanol–water partition coefficient (Wildman–Crippen LogP) is 3.02. The van der Waals surface area contributed by atoms with E-state index in [0.29, 0.717) is 18.4 Å². The largest absolute Gasteiger partial charge is 0.294 e. The topological polar surface area (TPSA) is 30.0 Å². The lowest BCUT2D eigenvalue weighted by Crippen LogP contribution is -1.94. The number of nitrogens with zero attached hydrogens (tertiary/aromatic N) is 1. The standard InChI is InChI=1S/C14H10FNO/c15-10-3-1-2-9(8-10)12-5-4-11-13(16-12)6-7-14(11)17/h1-5,8H,6-7H2. The van der Waals surface area contributed by atoms with Gasteiger partial charge in [-0.05, 0) is 30.7 Å². The number of carbonyl (C=O) groups excluding carboxylic acids is 1. The number of hydrogen-bond acceptors (Lipinski definition) is 2. The van der Waals surface area contributed by atoms with Gasteiger partial charge in [0, 0.05) is 17.5 Å². The number of ketones is 1. The van der Waals surface area contributed by atoms with Gasteiger partial charge in [-0.3, -0.25) is 9.78 Å². The van der Waals surface area contributed by atoms with E-state index in [1.54, 1.807) is 18.2 Å². The van der Waals surface area contributed by atoms with Crippen LogP contribution in [-0.4, -0.2) is 10.8 Å². The van der Waals surface area contributed by atoms with E-state index < -0.39 is 0 Å². The van der Waals surface area contributed by atoms with Crippen molar-refractivity contribution in [2.24, 2.45) is 0 Å². The minimum atomic E-state index is -0.277. The molecule has 1 aliphatic rings. The van der Waals surface area contributed by atoms with Gasteiger partial charge in [0.05, 0.1) is 11.4 Å². The number of rotatable bonds is 1. The van der Waals surface area contributed by atoms with E-state index in [2.05, 4.69) is 4.98 Å². The number of hydrogen-bond donors (Lipinski definition) is 0. The lowest BCUT2D eigenvalue weighted by Gasteiger charge is -2.03. The quantitative estimate of drug-likeness (QED) is 0.749. The van der Waals surface area contributed by atoms with Crippen LogP contribution >= 0.6 is 0 Å². The Labute approximate surface area is 98.1 Å². The number of Topliss-reactive ketones (excluding diaryl/α,β-unsaturated/α-hetero) is 1. The second-order valence-electron chi connectivity index (χ2n) is 4.12. The van der Waals surface area contributed by atoms with Gasteiger partial charge in [-0.1, -0.05) is 12.1 Å². The fraction of sp³-hybridized carbons (Fsp3) is 0.143. The highest BCUT2D eigenvalue weighted by atomic mass is 19.1. The zero-order valence-corrected chi connectivity index (χ0v) is 9.11. The lowest BCUT2D eigenvalue weighted by atomic mass is 10.1. The highest BCUT2D eigenvalue weighted by Crippen LogP contribution is 2.25. The maximum atomic E-state index is 13.1. The van der Waals surface area contributed by atoms with Gasteiger partial charge in [-0.2, -0.15) is 0 Å². The van der Waals surface area contributed by atoms with Crippen molar-refractivity contribution < 1.29 is 9.18 Å². The third-order valence-corrected chi connectivity index (χ3v) is 2.98. The molecule has 1 heterocycles. The Balaban J connectivity index is 2.09. The first-order valence-corrected chi connectivity index (χ1v) is 5.53. The fourth-order valence-electron chi connectivity index (χ4n) is 2.12. The van der Waals surface area contributed by atoms with Crippen LogP contribution in [0.1, 0.15) is 22.5 Å². The molecular weight excluding hydrogens is 217 g/mol. The number of aryl methyl sites for hydroxylation is 1. The summed E-state index contributed by atoms with van der Waals surface area (Å²) in [5, 5.41) is 0. The minimum absolute atomic E-state index is 0.151. The Hall–Kier alpha value is -2.03. The molecule has 1 aromatic heterocycles. The third kappa shape index (κ3) is 1.73. The van der Waals surface area contributed by atoms with E-state index in [0.717, 1.165) is 17.0 Å². The van der Waals surface area contributed by atoms with Gasteiger partial charge in [-0.15, -0.1) is 0 Å². The number of pyridine rings is 1. The summed E-state index contributed by atoms with van der Waals surface area (Å²) in [5.74, 6) is -0.126. The Kier molecular flexibility index (Phi) is 2.25. The van der Waals surface area contributed by atoms with Crippen LogP contribution in [0.25, 0.3) is 11.3 Å². The molecule has 3 rings (SSSR count). The summed E-state index contributed by atoms with van der Waals surface area (Å²) in [6.07, 6.45) is 1.23. The number of aromatic nitrogens is 1. The summed E-state index contributed by atoms with van der Waals surface area (Å²) in [5.41, 5.74) is 3.01. The van der Waals surface area contributed by atoms with Crippen LogP contribution in [0.4, 0.5) is 4.39 Å². The van der Waals surface area contributed by atoms with Gasteiger partial charge in [0.15, 0.2) is 5.78 Å². The van der Waals surface area contributed by atoms with Crippen molar-refractivity contribution in [2.45, 2.75) is 12.8 Å². The summed E-state index contributed by atoms with van der Waals surface area (Å²) in [4.78, 5) is 15.9. The van der Waals surface area contributed by atoms with E-state index in [4.69, 9.17) is 0 Å². The summed E-state index contributed by atoms with van der Waals surface area (Å²) >= 11 is 0. The molecule has 3 heteroatoms. The highest BCUT2D eigenvalue weighted by Gasteiger charge is 2.20. The molecular formula is C14H10FNO. The SMILES string of the molecule is O=C1CCc2nc(-c3cccc(F)c3)ccc21. The molecule has 0 saturated carbocycles. The molecule has 0 amide bonds. The number of benzene rings is 1. The monoisotopic (exact) mass is 227 g/mol. The molecule has 0 saturated heterocycles. The number of halogens is 1. The second kappa shape index (κ2) is 3.77. The van der Waals surface area contributed by atoms with Crippen LogP contribution in [0, 0.1) is 5.82 Å². The predicted molar refractivity (Wildman–Crippen MR) is 62.3 cm³/mol. The van der Waals surface area contributed by atoms with Crippen LogP contribution in [0.15, 0.2) is 36.4 Å². The van der Waals surface area contributed by atoms with Crippen molar-refractivity contribution >= 4 is 5.78 Å². The summed E-state index contributed by atoms with van der Waals surface area (Å²) in [6, 6.07) is 9.89. The summed E-state index contributed by atoms with van der Waals surface area (Å²) < 4.78 is 13.1. The molecule has 0 aliphatic heterocycles. The molecule has 1 aliphatic carbocycles. The van der Waals surface area contributed by atoms with Crippen LogP contribution in [0.2, 0.25) is 0 Å². The molecule has 0 bridgehead atoms. The van der Waals surface area contributed by atoms with Gasteiger partial charge in [0.2, 0.25) is 0 Å². The Morgan fingerprint density at radius 3 is 2.82 bits per heavy atom. The van der Waals surface area contributed by atoms with Crippen LogP contribution in [0.5, 0.6) is 0 Å². The number of fused-ring (bicyclic) bond motifs is 1. The van der Waals surface area contributed by atoms with Gasteiger partial charge < -0.3 is 0 Å². The first kappa shape index (κ1) is 10.1. The van der Waals surface area contributed by atoms with E-state index in [1.807, 2.05) is 6.07 Å². The highest BCUT2D eigenvalue weighted by molar-refractivity contribution is 6.00. The van der Waals surface area contributed by atoms with Gasteiger partial charge in [0.25, 0.3) is 0 Å². The summed E-state index contributed by atoms with van der Waals surface area (Å²) in [7, 11) is 0. The molecule has 0 unspecified atom stereocenters. The Bertz CT molecular complexity index is 607. The summed E-state index contributed by atoms with van der Waals surface area (Å²) in [6.45, 7) is 0. The lowest BCUT2D eigenvalue weighted by molar-refractivity contribution is 0.0994. The van der Waals surface area contributed by atoms with Crippen molar-refractivity contribution in [3.63, 3.8) is 0 Å². The van der Waals surface area contributed by atoms with Crippen molar-refractivity contribution in [1.29, 1.82) is 0 Å². The molecule has 0 spiro atoms. The fourth-order valence-corrected chi connectivity index (χ4v) is 2.12. The smallest absolute Gasteiger partial charge is 0.165 e. The average molecular weight is 227 g/mol. The zero-order chi connectivity index (χ0) is 11.8. The van der Waals surface area contributed by atoms with Crippen LogP contribution in [-0.2, 0) is 6.42 Å². The van der Waals surface area contributed by atoms with Crippen molar-refractivity contribution in [2.75, 3.05) is 0 Å². The van der Waals surface area contributed by atoms with E-state index in [1.165, 1.54) is 12.1 Å². The molecule has 1 aromatic carbocycles. The van der Waals surface area contributed by atoms with E-state index in [9.17, 15) is 9.18 Å². The Morgan fingerprint density at radius 2 is 2.00 bits per heavy atom. The molecule has 17 heavy (non-hydrogen) atoms. The average Bonchev–Trinajstić information content (AvgIpc) is 2.71. The van der Waals surface area contributed by atoms with Crippen molar-refractivity contribution in [3.05, 3.63) is 53.5 Å². The van der Waals surface area contributed by atoms with E-state index >= 15 is 0 Å². The first-order valence-electron chi connectivity index (χ1n) is 5.53. The molecule has 0 atom stereocenters. The first-order chi connectivity index (χ1) is 8.24. The maximum absolute atomic E-state index is 13.1. The van der Waals surface area contributed by atoms with E-state index in [-0.39, 0.29) is 11.6 Å². The Morgan fingerprint density at radius 1 is 1.12 bits per heavy atom. The zero-order valence-electron chi connectivity index (χ0n) is 9.11. The molecule has 0 N–H and O–H groups in total. The third-order valence-electron chi connectivity index (χ3n) is 2.98. The van der Waals surface area contributed by atoms with Gasteiger partial charge >= 0.3 is 0 Å². The van der Waals surface area contributed by atoms with Crippen molar-refractivity contribution in [1.82, 2.24) is 4.98 Å². The maximum Gasteiger partial charge on any atom is 0.165 e. The van der Waals surface area contributed by atoms with Crippen molar-refractivity contribution in [3.8, 4) is 11.3 Å². The normalized spacial score (nSPS) is 13.8. The second-order valence-corrected chi connectivity index (χ2v) is 4.12. The molecule has 0 radical (unpaired) electrons. The minimum Gasteiger partial charge on any atom is -0.294 e. The van der Waals surface area contributed by atoms with Gasteiger partial charge in [0.1, 0.15) is 5.82 Å². The van der Waals surface area contributed by atoms with Crippen LogP contribution < -0.4 is 0 Å². The number of carbonyl (C=O) groups is 1.